The first-order valence-corrected chi connectivity index (χ1v) is 8.25. The molecule has 3 aromatic carbocycles. The average Bonchev–Trinajstić information content (AvgIpc) is 2.67. The number of aromatic hydroxyl groups is 1. The molecule has 0 aliphatic rings. The molecular formula is C22H17NO3. The molecule has 2 N–H and O–H groups in total. The number of phenolic OH excluding ortho intramolecular Hbond substituents is 1. The first kappa shape index (κ1) is 16.0. The Morgan fingerprint density at radius 3 is 2.46 bits per heavy atom. The lowest BCUT2D eigenvalue weighted by atomic mass is 10.0. The van der Waals surface area contributed by atoms with Crippen molar-refractivity contribution in [1.29, 1.82) is 0 Å². The van der Waals surface area contributed by atoms with Crippen molar-refractivity contribution in [2.75, 3.05) is 7.11 Å². The minimum atomic E-state index is -0.229. The minimum Gasteiger partial charge on any atom is -0.504 e. The van der Waals surface area contributed by atoms with Crippen LogP contribution in [-0.2, 0) is 0 Å². The molecule has 0 aliphatic carbocycles. The van der Waals surface area contributed by atoms with Crippen LogP contribution in [0.5, 0.6) is 11.5 Å². The van der Waals surface area contributed by atoms with Gasteiger partial charge in [0.2, 0.25) is 5.56 Å². The van der Waals surface area contributed by atoms with E-state index >= 15 is 0 Å². The molecule has 0 saturated carbocycles. The Morgan fingerprint density at radius 1 is 0.846 bits per heavy atom. The minimum absolute atomic E-state index is 0.0186. The molecule has 1 aromatic heterocycles. The second kappa shape index (κ2) is 6.41. The van der Waals surface area contributed by atoms with Gasteiger partial charge in [-0.1, -0.05) is 48.5 Å². The van der Waals surface area contributed by atoms with E-state index < -0.39 is 0 Å². The summed E-state index contributed by atoms with van der Waals surface area (Å²) >= 11 is 0. The molecule has 4 rings (SSSR count). The lowest BCUT2D eigenvalue weighted by Gasteiger charge is -2.10. The third kappa shape index (κ3) is 2.82. The quantitative estimate of drug-likeness (QED) is 0.572. The van der Waals surface area contributed by atoms with Crippen LogP contribution in [0.15, 0.2) is 77.6 Å². The van der Waals surface area contributed by atoms with Gasteiger partial charge in [0.1, 0.15) is 0 Å². The zero-order valence-corrected chi connectivity index (χ0v) is 14.2. The summed E-state index contributed by atoms with van der Waals surface area (Å²) in [7, 11) is 1.50. The molecule has 0 amide bonds. The number of rotatable bonds is 3. The van der Waals surface area contributed by atoms with Crippen molar-refractivity contribution in [1.82, 2.24) is 4.98 Å². The summed E-state index contributed by atoms with van der Waals surface area (Å²) in [5.74, 6) is 0.389. The summed E-state index contributed by atoms with van der Waals surface area (Å²) in [6.07, 6.45) is 0. The number of benzene rings is 3. The van der Waals surface area contributed by atoms with E-state index in [1.165, 1.54) is 13.2 Å². The normalized spacial score (nSPS) is 10.8. The molecule has 0 unspecified atom stereocenters. The van der Waals surface area contributed by atoms with Gasteiger partial charge in [0.05, 0.1) is 7.11 Å². The Kier molecular flexibility index (Phi) is 3.93. The third-order valence-corrected chi connectivity index (χ3v) is 4.43. The zero-order chi connectivity index (χ0) is 18.1. The van der Waals surface area contributed by atoms with Gasteiger partial charge in [-0.25, -0.2) is 0 Å². The van der Waals surface area contributed by atoms with E-state index in [2.05, 4.69) is 4.98 Å². The van der Waals surface area contributed by atoms with Crippen LogP contribution >= 0.6 is 0 Å². The smallest absolute Gasteiger partial charge is 0.249 e. The van der Waals surface area contributed by atoms with Crippen LogP contribution in [0, 0.1) is 0 Å². The van der Waals surface area contributed by atoms with Gasteiger partial charge < -0.3 is 14.8 Å². The monoisotopic (exact) mass is 343 g/mol. The number of pyridine rings is 1. The van der Waals surface area contributed by atoms with E-state index in [-0.39, 0.29) is 11.3 Å². The van der Waals surface area contributed by atoms with E-state index in [0.717, 1.165) is 16.3 Å². The molecule has 0 fully saturated rings. The van der Waals surface area contributed by atoms with Crippen molar-refractivity contribution in [2.45, 2.75) is 0 Å². The SMILES string of the molecule is COc1cccc(-c2cc(-c3ccc4ccccc4c3)[nH]c(=O)c2)c1O. The highest BCUT2D eigenvalue weighted by molar-refractivity contribution is 5.87. The highest BCUT2D eigenvalue weighted by atomic mass is 16.5. The van der Waals surface area contributed by atoms with Crippen LogP contribution in [0.3, 0.4) is 0 Å². The maximum absolute atomic E-state index is 12.2. The van der Waals surface area contributed by atoms with E-state index in [9.17, 15) is 9.90 Å². The van der Waals surface area contributed by atoms with Crippen LogP contribution in [0.4, 0.5) is 0 Å². The van der Waals surface area contributed by atoms with Crippen molar-refractivity contribution in [2.24, 2.45) is 0 Å². The van der Waals surface area contributed by atoms with Gasteiger partial charge >= 0.3 is 0 Å². The lowest BCUT2D eigenvalue weighted by molar-refractivity contribution is 0.374. The van der Waals surface area contributed by atoms with Gasteiger partial charge in [-0.05, 0) is 40.1 Å². The standard InChI is InChI=1S/C22H17NO3/c1-26-20-8-4-7-18(22(20)25)17-12-19(23-21(24)13-17)16-10-9-14-5-2-3-6-15(14)11-16/h2-13,25H,1H3,(H,23,24). The number of hydrogen-bond donors (Lipinski definition) is 2. The number of para-hydroxylation sites is 1. The second-order valence-electron chi connectivity index (χ2n) is 6.07. The average molecular weight is 343 g/mol. The molecule has 4 aromatic rings. The molecule has 4 nitrogen and oxygen atoms in total. The molecule has 0 atom stereocenters. The molecule has 0 bridgehead atoms. The fourth-order valence-corrected chi connectivity index (χ4v) is 3.13. The summed E-state index contributed by atoms with van der Waals surface area (Å²) < 4.78 is 5.16. The van der Waals surface area contributed by atoms with Crippen molar-refractivity contribution < 1.29 is 9.84 Å². The molecule has 0 saturated heterocycles. The molecule has 0 radical (unpaired) electrons. The van der Waals surface area contributed by atoms with E-state index in [0.29, 0.717) is 22.6 Å². The number of nitrogens with one attached hydrogen (secondary N) is 1. The Morgan fingerprint density at radius 2 is 1.65 bits per heavy atom. The number of ether oxygens (including phenoxy) is 1. The summed E-state index contributed by atoms with van der Waals surface area (Å²) in [6.45, 7) is 0. The first-order valence-electron chi connectivity index (χ1n) is 8.25. The highest BCUT2D eigenvalue weighted by Gasteiger charge is 2.12. The van der Waals surface area contributed by atoms with Crippen LogP contribution in [0.25, 0.3) is 33.2 Å². The Hall–Kier alpha value is -3.53. The number of hydrogen-bond acceptors (Lipinski definition) is 3. The van der Waals surface area contributed by atoms with Crippen molar-refractivity contribution >= 4 is 10.8 Å². The molecule has 0 aliphatic heterocycles. The number of aromatic nitrogens is 1. The van der Waals surface area contributed by atoms with Crippen LogP contribution in [-0.4, -0.2) is 17.2 Å². The van der Waals surface area contributed by atoms with Crippen molar-refractivity contribution in [3.8, 4) is 33.9 Å². The van der Waals surface area contributed by atoms with Crippen molar-refractivity contribution in [3.05, 3.63) is 83.2 Å². The predicted molar refractivity (Wildman–Crippen MR) is 104 cm³/mol. The molecule has 1 heterocycles. The van der Waals surface area contributed by atoms with Gasteiger partial charge in [-0.15, -0.1) is 0 Å². The lowest BCUT2D eigenvalue weighted by Crippen LogP contribution is -2.05. The number of fused-ring (bicyclic) bond motifs is 1. The Bertz CT molecular complexity index is 1160. The zero-order valence-electron chi connectivity index (χ0n) is 14.2. The number of phenols is 1. The molecular weight excluding hydrogens is 326 g/mol. The Balaban J connectivity index is 1.88. The van der Waals surface area contributed by atoms with E-state index in [4.69, 9.17) is 4.74 Å². The van der Waals surface area contributed by atoms with E-state index in [1.54, 1.807) is 18.2 Å². The molecule has 128 valence electrons. The molecule has 26 heavy (non-hydrogen) atoms. The number of methoxy groups -OCH3 is 1. The van der Waals surface area contributed by atoms with Gasteiger partial charge in [0.15, 0.2) is 11.5 Å². The predicted octanol–water partition coefficient (Wildman–Crippen LogP) is 4.58. The Labute approximate surface area is 150 Å². The van der Waals surface area contributed by atoms with E-state index in [1.807, 2.05) is 48.5 Å². The highest BCUT2D eigenvalue weighted by Crippen LogP contribution is 2.37. The van der Waals surface area contributed by atoms with Gasteiger partial charge in [0, 0.05) is 17.3 Å². The topological polar surface area (TPSA) is 62.3 Å². The van der Waals surface area contributed by atoms with Gasteiger partial charge in [-0.3, -0.25) is 4.79 Å². The maximum atomic E-state index is 12.2. The summed E-state index contributed by atoms with van der Waals surface area (Å²) in [6, 6.07) is 22.7. The van der Waals surface area contributed by atoms with Gasteiger partial charge in [0.25, 0.3) is 0 Å². The second-order valence-corrected chi connectivity index (χ2v) is 6.07. The fourth-order valence-electron chi connectivity index (χ4n) is 3.13. The van der Waals surface area contributed by atoms with Crippen LogP contribution < -0.4 is 10.3 Å². The molecule has 4 heteroatoms. The summed E-state index contributed by atoms with van der Waals surface area (Å²) in [4.78, 5) is 15.1. The fraction of sp³-hybridized carbons (Fsp3) is 0.0455. The number of aromatic amines is 1. The molecule has 0 spiro atoms. The third-order valence-electron chi connectivity index (χ3n) is 4.43. The van der Waals surface area contributed by atoms with Crippen molar-refractivity contribution in [3.63, 3.8) is 0 Å². The van der Waals surface area contributed by atoms with Crippen LogP contribution in [0.1, 0.15) is 0 Å². The number of H-pyrrole nitrogens is 1. The van der Waals surface area contributed by atoms with Crippen LogP contribution in [0.2, 0.25) is 0 Å². The summed E-state index contributed by atoms with van der Waals surface area (Å²) in [5.41, 5.74) is 2.56. The summed E-state index contributed by atoms with van der Waals surface area (Å²) in [5, 5.41) is 12.6. The van der Waals surface area contributed by atoms with Gasteiger partial charge in [-0.2, -0.15) is 0 Å². The largest absolute Gasteiger partial charge is 0.504 e. The first-order chi connectivity index (χ1) is 12.7. The maximum Gasteiger partial charge on any atom is 0.249 e.